The topological polar surface area (TPSA) is 48.1 Å². The Bertz CT molecular complexity index is 533. The quantitative estimate of drug-likeness (QED) is 0.898. The van der Waals surface area contributed by atoms with Crippen molar-refractivity contribution in [3.05, 3.63) is 53.7 Å². The minimum absolute atomic E-state index is 0.0198. The highest BCUT2D eigenvalue weighted by Gasteiger charge is 2.04. The van der Waals surface area contributed by atoms with E-state index in [1.165, 1.54) is 5.56 Å². The maximum atomic E-state index is 5.85. The molecule has 0 saturated heterocycles. The van der Waals surface area contributed by atoms with Crippen LogP contribution in [0, 0.1) is 0 Å². The lowest BCUT2D eigenvalue weighted by Crippen LogP contribution is -2.05. The number of nitrogens with zero attached hydrogens (tertiary/aromatic N) is 1. The second kappa shape index (κ2) is 5.85. The molecule has 0 spiro atoms. The van der Waals surface area contributed by atoms with Gasteiger partial charge in [0.25, 0.3) is 0 Å². The van der Waals surface area contributed by atoms with Gasteiger partial charge in [0, 0.05) is 18.3 Å². The Kier molecular flexibility index (Phi) is 4.17. The molecule has 0 aliphatic rings. The fourth-order valence-corrected chi connectivity index (χ4v) is 1.81. The summed E-state index contributed by atoms with van der Waals surface area (Å²) in [6.07, 6.45) is 1.72. The molecule has 0 radical (unpaired) electrons. The predicted octanol–water partition coefficient (Wildman–Crippen LogP) is 4.02. The summed E-state index contributed by atoms with van der Waals surface area (Å²) in [5.41, 5.74) is 8.16. The van der Waals surface area contributed by atoms with Gasteiger partial charge in [-0.25, -0.2) is 4.98 Å². The van der Waals surface area contributed by atoms with Crippen LogP contribution in [-0.2, 0) is 0 Å². The van der Waals surface area contributed by atoms with E-state index in [2.05, 4.69) is 31.0 Å². The third kappa shape index (κ3) is 3.55. The van der Waals surface area contributed by atoms with Gasteiger partial charge in [-0.1, -0.05) is 26.0 Å². The smallest absolute Gasteiger partial charge is 0.219 e. The van der Waals surface area contributed by atoms with Crippen LogP contribution in [0.3, 0.4) is 0 Å². The molecule has 0 fully saturated rings. The van der Waals surface area contributed by atoms with Crippen molar-refractivity contribution in [3.8, 4) is 11.6 Å². The first-order chi connectivity index (χ1) is 9.06. The van der Waals surface area contributed by atoms with Crippen LogP contribution < -0.4 is 10.5 Å². The third-order valence-electron chi connectivity index (χ3n) is 3.05. The van der Waals surface area contributed by atoms with Crippen LogP contribution in [0.5, 0.6) is 11.6 Å². The molecule has 3 nitrogen and oxygen atoms in total. The van der Waals surface area contributed by atoms with Gasteiger partial charge < -0.3 is 10.5 Å². The lowest BCUT2D eigenvalue weighted by Gasteiger charge is -2.10. The van der Waals surface area contributed by atoms with E-state index in [0.717, 1.165) is 11.3 Å². The second-order valence-electron chi connectivity index (χ2n) is 5.04. The van der Waals surface area contributed by atoms with Crippen LogP contribution >= 0.6 is 0 Å². The van der Waals surface area contributed by atoms with Gasteiger partial charge in [-0.05, 0) is 42.2 Å². The molecule has 2 aromatic rings. The Hall–Kier alpha value is -1.87. The zero-order valence-electron chi connectivity index (χ0n) is 11.6. The summed E-state index contributed by atoms with van der Waals surface area (Å²) < 4.78 is 5.74. The van der Waals surface area contributed by atoms with Crippen LogP contribution in [0.1, 0.15) is 43.9 Å². The highest BCUT2D eigenvalue weighted by atomic mass is 16.5. The molecule has 2 rings (SSSR count). The molecule has 1 unspecified atom stereocenters. The number of ether oxygens (including phenoxy) is 1. The maximum absolute atomic E-state index is 5.85. The van der Waals surface area contributed by atoms with Gasteiger partial charge in [0.1, 0.15) is 5.75 Å². The molecular formula is C16H20N2O. The summed E-state index contributed by atoms with van der Waals surface area (Å²) in [6.45, 7) is 6.28. The summed E-state index contributed by atoms with van der Waals surface area (Å²) in [4.78, 5) is 4.20. The summed E-state index contributed by atoms with van der Waals surface area (Å²) in [5.74, 6) is 1.89. The Morgan fingerprint density at radius 2 is 1.68 bits per heavy atom. The van der Waals surface area contributed by atoms with Gasteiger partial charge in [-0.2, -0.15) is 0 Å². The highest BCUT2D eigenvalue weighted by molar-refractivity contribution is 5.33. The lowest BCUT2D eigenvalue weighted by molar-refractivity contribution is 0.461. The van der Waals surface area contributed by atoms with E-state index in [9.17, 15) is 0 Å². The molecule has 0 aliphatic heterocycles. The molecule has 2 N–H and O–H groups in total. The summed E-state index contributed by atoms with van der Waals surface area (Å²) in [6, 6.07) is 11.9. The van der Waals surface area contributed by atoms with Crippen molar-refractivity contribution in [1.29, 1.82) is 0 Å². The molecule has 19 heavy (non-hydrogen) atoms. The van der Waals surface area contributed by atoms with Gasteiger partial charge >= 0.3 is 0 Å². The largest absolute Gasteiger partial charge is 0.439 e. The van der Waals surface area contributed by atoms with E-state index in [0.29, 0.717) is 11.8 Å². The molecule has 0 bridgehead atoms. The molecule has 3 heteroatoms. The fourth-order valence-electron chi connectivity index (χ4n) is 1.81. The monoisotopic (exact) mass is 256 g/mol. The number of aromatic nitrogens is 1. The summed E-state index contributed by atoms with van der Waals surface area (Å²) in [5, 5.41) is 0. The number of hydrogen-bond donors (Lipinski definition) is 1. The Morgan fingerprint density at radius 1 is 1.00 bits per heavy atom. The van der Waals surface area contributed by atoms with Gasteiger partial charge in [0.15, 0.2) is 0 Å². The molecule has 1 heterocycles. The van der Waals surface area contributed by atoms with E-state index in [1.54, 1.807) is 6.20 Å². The summed E-state index contributed by atoms with van der Waals surface area (Å²) >= 11 is 0. The molecule has 1 aromatic carbocycles. The molecule has 1 atom stereocenters. The fraction of sp³-hybridized carbons (Fsp3) is 0.312. The van der Waals surface area contributed by atoms with E-state index < -0.39 is 0 Å². The van der Waals surface area contributed by atoms with Crippen molar-refractivity contribution in [2.45, 2.75) is 32.7 Å². The molecule has 0 aliphatic carbocycles. The van der Waals surface area contributed by atoms with Crippen molar-refractivity contribution in [1.82, 2.24) is 4.98 Å². The molecule has 0 amide bonds. The number of benzene rings is 1. The molecular weight excluding hydrogens is 236 g/mol. The summed E-state index contributed by atoms with van der Waals surface area (Å²) in [7, 11) is 0. The highest BCUT2D eigenvalue weighted by Crippen LogP contribution is 2.24. The van der Waals surface area contributed by atoms with Gasteiger partial charge in [0.05, 0.1) is 0 Å². The minimum Gasteiger partial charge on any atom is -0.439 e. The first kappa shape index (κ1) is 13.6. The standard InChI is InChI=1S/C16H20N2O/c1-11(2)13-4-6-15(7-5-13)19-16-10-14(12(3)17)8-9-18-16/h4-12H,17H2,1-3H3. The second-order valence-corrected chi connectivity index (χ2v) is 5.04. The number of pyridine rings is 1. The third-order valence-corrected chi connectivity index (χ3v) is 3.05. The number of rotatable bonds is 4. The normalized spacial score (nSPS) is 12.5. The Balaban J connectivity index is 2.14. The van der Waals surface area contributed by atoms with E-state index >= 15 is 0 Å². The van der Waals surface area contributed by atoms with Crippen molar-refractivity contribution in [3.63, 3.8) is 0 Å². The van der Waals surface area contributed by atoms with Crippen LogP contribution in [-0.4, -0.2) is 4.98 Å². The first-order valence-electron chi connectivity index (χ1n) is 6.55. The predicted molar refractivity (Wildman–Crippen MR) is 77.4 cm³/mol. The zero-order chi connectivity index (χ0) is 13.8. The maximum Gasteiger partial charge on any atom is 0.219 e. The SMILES string of the molecule is CC(C)c1ccc(Oc2cc(C(C)N)ccn2)cc1. The lowest BCUT2D eigenvalue weighted by atomic mass is 10.0. The van der Waals surface area contributed by atoms with Crippen molar-refractivity contribution >= 4 is 0 Å². The number of hydrogen-bond acceptors (Lipinski definition) is 3. The van der Waals surface area contributed by atoms with Crippen LogP contribution in [0.2, 0.25) is 0 Å². The molecule has 1 aromatic heterocycles. The van der Waals surface area contributed by atoms with Crippen molar-refractivity contribution < 1.29 is 4.74 Å². The van der Waals surface area contributed by atoms with Crippen LogP contribution in [0.25, 0.3) is 0 Å². The number of nitrogens with two attached hydrogens (primary N) is 1. The minimum atomic E-state index is -0.0198. The van der Waals surface area contributed by atoms with Crippen molar-refractivity contribution in [2.75, 3.05) is 0 Å². The first-order valence-corrected chi connectivity index (χ1v) is 6.55. The zero-order valence-corrected chi connectivity index (χ0v) is 11.6. The van der Waals surface area contributed by atoms with Crippen molar-refractivity contribution in [2.24, 2.45) is 5.73 Å². The van der Waals surface area contributed by atoms with Crippen LogP contribution in [0.15, 0.2) is 42.6 Å². The van der Waals surface area contributed by atoms with Gasteiger partial charge in [0.2, 0.25) is 5.88 Å². The van der Waals surface area contributed by atoms with Gasteiger partial charge in [-0.15, -0.1) is 0 Å². The average Bonchev–Trinajstić information content (AvgIpc) is 2.39. The Morgan fingerprint density at radius 3 is 2.26 bits per heavy atom. The van der Waals surface area contributed by atoms with Crippen LogP contribution in [0.4, 0.5) is 0 Å². The van der Waals surface area contributed by atoms with E-state index in [4.69, 9.17) is 10.5 Å². The van der Waals surface area contributed by atoms with E-state index in [1.807, 2.05) is 31.2 Å². The average molecular weight is 256 g/mol. The molecule has 100 valence electrons. The van der Waals surface area contributed by atoms with Gasteiger partial charge in [-0.3, -0.25) is 0 Å². The Labute approximate surface area is 114 Å². The van der Waals surface area contributed by atoms with E-state index in [-0.39, 0.29) is 6.04 Å². The molecule has 0 saturated carbocycles.